The van der Waals surface area contributed by atoms with Crippen LogP contribution in [0.5, 0.6) is 0 Å². The van der Waals surface area contributed by atoms with Crippen molar-refractivity contribution in [2.45, 2.75) is 114 Å². The molecule has 0 spiro atoms. The van der Waals surface area contributed by atoms with Gasteiger partial charge in [-0.2, -0.15) is 47.9 Å². The molecule has 0 radical (unpaired) electrons. The van der Waals surface area contributed by atoms with Gasteiger partial charge in [-0.1, -0.05) is 96.9 Å². The van der Waals surface area contributed by atoms with Crippen LogP contribution in [0.4, 0.5) is 39.5 Å². The molecule has 0 aliphatic heterocycles. The number of halogens is 9. The van der Waals surface area contributed by atoms with Gasteiger partial charge in [-0.25, -0.2) is 0 Å². The SMILES string of the molecule is CCC(C)c1ccc(/C(=N\OS(=O)(=O)c2c(C(C)C)cc(C(C)C)cc2C(C)C)C(F)(F)C(F)(F)C(F)(F)C(F)(F)F)cc1. The van der Waals surface area contributed by atoms with Crippen LogP contribution in [0.1, 0.15) is 113 Å². The molecule has 248 valence electrons. The first kappa shape index (κ1) is 37.4. The van der Waals surface area contributed by atoms with E-state index in [1.54, 1.807) is 53.7 Å². The Hall–Kier alpha value is -2.77. The molecule has 0 amide bonds. The quantitative estimate of drug-likeness (QED) is 0.129. The Labute approximate surface area is 251 Å². The van der Waals surface area contributed by atoms with Gasteiger partial charge < -0.3 is 0 Å². The molecular weight excluding hydrogens is 625 g/mol. The van der Waals surface area contributed by atoms with Crippen molar-refractivity contribution in [2.75, 3.05) is 0 Å². The van der Waals surface area contributed by atoms with Crippen molar-refractivity contribution >= 4 is 15.8 Å². The standard InChI is InChI=1S/C30H36F9NO3S/c1-9-19(8)20-10-12-21(13-11-20)26(27(31,32)28(33,34)29(35,36)30(37,38)39)40-43-44(41,42)25-23(17(4)5)14-22(16(2)3)15-24(25)18(6)7/h10-19H,9H2,1-8H3/b40-26+. The molecule has 14 heteroatoms. The lowest BCUT2D eigenvalue weighted by Gasteiger charge is -2.34. The number of benzene rings is 2. The van der Waals surface area contributed by atoms with E-state index in [1.165, 1.54) is 0 Å². The average molecular weight is 662 g/mol. The maximum absolute atomic E-state index is 15.3. The molecule has 0 aliphatic carbocycles. The Morgan fingerprint density at radius 3 is 1.55 bits per heavy atom. The Balaban J connectivity index is 2.90. The number of nitrogens with zero attached hydrogens (tertiary/aromatic N) is 1. The van der Waals surface area contributed by atoms with Crippen LogP contribution in [0.2, 0.25) is 0 Å². The first-order valence-electron chi connectivity index (χ1n) is 13.8. The molecule has 2 rings (SSSR count). The molecule has 2 aromatic rings. The largest absolute Gasteiger partial charge is 0.460 e. The molecule has 0 heterocycles. The van der Waals surface area contributed by atoms with Crippen molar-refractivity contribution in [3.05, 3.63) is 64.2 Å². The Bertz CT molecular complexity index is 1420. The maximum Gasteiger partial charge on any atom is 0.460 e. The van der Waals surface area contributed by atoms with Crippen LogP contribution in [-0.2, 0) is 14.4 Å². The van der Waals surface area contributed by atoms with Crippen LogP contribution in [0.25, 0.3) is 0 Å². The van der Waals surface area contributed by atoms with E-state index >= 15 is 8.78 Å². The summed E-state index contributed by atoms with van der Waals surface area (Å²) in [6, 6.07) is 6.87. The molecule has 0 aliphatic rings. The molecule has 44 heavy (non-hydrogen) atoms. The monoisotopic (exact) mass is 661 g/mol. The smallest absolute Gasteiger partial charge is 0.264 e. The molecule has 2 aromatic carbocycles. The minimum Gasteiger partial charge on any atom is -0.264 e. The Kier molecular flexibility index (Phi) is 11.0. The van der Waals surface area contributed by atoms with Crippen molar-refractivity contribution in [3.63, 3.8) is 0 Å². The predicted octanol–water partition coefficient (Wildman–Crippen LogP) is 10.1. The number of hydrogen-bond donors (Lipinski definition) is 0. The number of rotatable bonds is 12. The summed E-state index contributed by atoms with van der Waals surface area (Å²) >= 11 is 0. The highest BCUT2D eigenvalue weighted by molar-refractivity contribution is 7.86. The van der Waals surface area contributed by atoms with Gasteiger partial charge >= 0.3 is 34.1 Å². The van der Waals surface area contributed by atoms with Gasteiger partial charge in [-0.05, 0) is 52.3 Å². The number of oxime groups is 1. The second kappa shape index (κ2) is 12.9. The van der Waals surface area contributed by atoms with E-state index < -0.39 is 62.1 Å². The number of alkyl halides is 9. The van der Waals surface area contributed by atoms with Gasteiger partial charge in [-0.15, -0.1) is 0 Å². The van der Waals surface area contributed by atoms with E-state index in [-0.39, 0.29) is 23.0 Å². The molecule has 0 saturated carbocycles. The third-order valence-corrected chi connectivity index (χ3v) is 8.61. The van der Waals surface area contributed by atoms with E-state index in [0.29, 0.717) is 12.0 Å². The highest BCUT2D eigenvalue weighted by atomic mass is 32.2. The minimum atomic E-state index is -7.23. The molecule has 0 N–H and O–H groups in total. The van der Waals surface area contributed by atoms with E-state index in [2.05, 4.69) is 9.44 Å². The molecule has 4 nitrogen and oxygen atoms in total. The minimum absolute atomic E-state index is 0.0677. The molecule has 0 aromatic heterocycles. The first-order valence-corrected chi connectivity index (χ1v) is 15.3. The predicted molar refractivity (Wildman–Crippen MR) is 150 cm³/mol. The topological polar surface area (TPSA) is 55.7 Å². The number of hydrogen-bond acceptors (Lipinski definition) is 4. The summed E-state index contributed by atoms with van der Waals surface area (Å²) < 4.78 is 158. The highest BCUT2D eigenvalue weighted by Gasteiger charge is 2.83. The Morgan fingerprint density at radius 2 is 1.18 bits per heavy atom. The van der Waals surface area contributed by atoms with E-state index in [1.807, 2.05) is 13.8 Å². The summed E-state index contributed by atoms with van der Waals surface area (Å²) in [5, 5.41) is 2.73. The summed E-state index contributed by atoms with van der Waals surface area (Å²) in [5.74, 6) is -21.9. The summed E-state index contributed by atoms with van der Waals surface area (Å²) in [6.07, 6.45) is -6.53. The fourth-order valence-electron chi connectivity index (χ4n) is 4.32. The van der Waals surface area contributed by atoms with Crippen LogP contribution >= 0.6 is 0 Å². The lowest BCUT2D eigenvalue weighted by molar-refractivity contribution is -0.384. The maximum atomic E-state index is 15.3. The average Bonchev–Trinajstić information content (AvgIpc) is 2.91. The summed E-state index contributed by atoms with van der Waals surface area (Å²) in [7, 11) is -5.23. The molecule has 0 saturated heterocycles. The summed E-state index contributed by atoms with van der Waals surface area (Å²) in [6.45, 7) is 13.7. The molecule has 1 unspecified atom stereocenters. The van der Waals surface area contributed by atoms with Crippen molar-refractivity contribution in [3.8, 4) is 0 Å². The van der Waals surface area contributed by atoms with Crippen LogP contribution in [0.15, 0.2) is 46.4 Å². The third kappa shape index (κ3) is 7.04. The van der Waals surface area contributed by atoms with Crippen LogP contribution in [0, 0.1) is 0 Å². The van der Waals surface area contributed by atoms with E-state index in [0.717, 1.165) is 29.8 Å². The van der Waals surface area contributed by atoms with Gasteiger partial charge in [0, 0.05) is 5.56 Å². The van der Waals surface area contributed by atoms with Gasteiger partial charge in [0.05, 0.1) is 0 Å². The summed E-state index contributed by atoms with van der Waals surface area (Å²) in [5.41, 5.74) is -1.92. The van der Waals surface area contributed by atoms with Gasteiger partial charge in [0.2, 0.25) is 0 Å². The van der Waals surface area contributed by atoms with Crippen molar-refractivity contribution in [1.29, 1.82) is 0 Å². The lowest BCUT2D eigenvalue weighted by atomic mass is 9.89. The zero-order valence-corrected chi connectivity index (χ0v) is 26.3. The van der Waals surface area contributed by atoms with E-state index in [4.69, 9.17) is 0 Å². The lowest BCUT2D eigenvalue weighted by Crippen LogP contribution is -2.63. The van der Waals surface area contributed by atoms with E-state index in [9.17, 15) is 39.2 Å². The van der Waals surface area contributed by atoms with Crippen molar-refractivity contribution in [1.82, 2.24) is 0 Å². The molecule has 1 atom stereocenters. The van der Waals surface area contributed by atoms with Crippen molar-refractivity contribution < 1.29 is 52.2 Å². The fourth-order valence-corrected chi connectivity index (χ4v) is 5.74. The van der Waals surface area contributed by atoms with Gasteiger partial charge in [-0.3, -0.25) is 4.28 Å². The zero-order chi connectivity index (χ0) is 34.2. The van der Waals surface area contributed by atoms with Crippen molar-refractivity contribution in [2.24, 2.45) is 5.16 Å². The van der Waals surface area contributed by atoms with Crippen LogP contribution in [0.3, 0.4) is 0 Å². The summed E-state index contributed by atoms with van der Waals surface area (Å²) in [4.78, 5) is -0.502. The molecular formula is C30H36F9NO3S. The zero-order valence-electron chi connectivity index (χ0n) is 25.5. The highest BCUT2D eigenvalue weighted by Crippen LogP contribution is 2.54. The van der Waals surface area contributed by atoms with Crippen LogP contribution in [-0.4, -0.2) is 38.1 Å². The first-order chi connectivity index (χ1) is 19.8. The van der Waals surface area contributed by atoms with Gasteiger partial charge in [0.1, 0.15) is 4.90 Å². The second-order valence-electron chi connectivity index (χ2n) is 11.6. The fraction of sp³-hybridized carbons (Fsp3) is 0.567. The van der Waals surface area contributed by atoms with Gasteiger partial charge in [0.25, 0.3) is 0 Å². The second-order valence-corrected chi connectivity index (χ2v) is 13.1. The van der Waals surface area contributed by atoms with Gasteiger partial charge in [0.15, 0.2) is 5.71 Å². The molecule has 0 bridgehead atoms. The normalized spacial score (nSPS) is 15.0. The third-order valence-electron chi connectivity index (χ3n) is 7.36. The van der Waals surface area contributed by atoms with Crippen LogP contribution < -0.4 is 0 Å². The molecule has 0 fully saturated rings. The Morgan fingerprint density at radius 1 is 0.727 bits per heavy atom.